The summed E-state index contributed by atoms with van der Waals surface area (Å²) in [4.78, 5) is 43.9. The second kappa shape index (κ2) is 14.7. The fraction of sp³-hybridized carbons (Fsp3) is 0.556. The Morgan fingerprint density at radius 2 is 1.81 bits per heavy atom. The first kappa shape index (κ1) is 27.8. The highest BCUT2D eigenvalue weighted by Crippen LogP contribution is 2.26. The Labute approximate surface area is 217 Å². The van der Waals surface area contributed by atoms with Crippen LogP contribution in [0, 0.1) is 0 Å². The molecule has 8 nitrogen and oxygen atoms in total. The molecule has 1 atom stereocenters. The minimum atomic E-state index is -0.635. The van der Waals surface area contributed by atoms with E-state index < -0.39 is 6.04 Å². The number of hydrogen-bond acceptors (Lipinski definition) is 7. The van der Waals surface area contributed by atoms with E-state index in [-0.39, 0.29) is 17.6 Å². The maximum Gasteiger partial charge on any atom is 0.248 e. The number of likely N-dealkylation sites (tertiary alicyclic amines) is 1. The molecular formula is C27H38N4O4S. The van der Waals surface area contributed by atoms with Gasteiger partial charge in [0.1, 0.15) is 17.6 Å². The standard InChI is InChI=1S/C27H38N4O4S/c1-20(32)9-5-3-6-10-23(28-25(33)15-18-31-16-7-4-8-17-31)26(34)30-27-29-24(19-36-27)21-11-13-22(35-2)14-12-21/h11-14,19,23H,3-10,15-18H2,1-2H3,(H,28,33)(H,29,30,34). The van der Waals surface area contributed by atoms with Crippen molar-refractivity contribution in [3.8, 4) is 17.0 Å². The number of carbonyl (C=O) groups is 3. The van der Waals surface area contributed by atoms with E-state index in [0.717, 1.165) is 55.9 Å². The average molecular weight is 515 g/mol. The van der Waals surface area contributed by atoms with Crippen molar-refractivity contribution in [2.24, 2.45) is 0 Å². The second-order valence-corrected chi connectivity index (χ2v) is 10.2. The molecule has 3 rings (SSSR count). The molecular weight excluding hydrogens is 476 g/mol. The molecule has 1 saturated heterocycles. The number of ether oxygens (including phenoxy) is 1. The second-order valence-electron chi connectivity index (χ2n) is 9.33. The van der Waals surface area contributed by atoms with Crippen molar-refractivity contribution in [2.45, 2.75) is 70.8 Å². The Morgan fingerprint density at radius 1 is 1.06 bits per heavy atom. The van der Waals surface area contributed by atoms with Gasteiger partial charge in [-0.05, 0) is 70.0 Å². The lowest BCUT2D eigenvalue weighted by Crippen LogP contribution is -2.45. The molecule has 2 aromatic rings. The van der Waals surface area contributed by atoms with Crippen molar-refractivity contribution in [3.05, 3.63) is 29.6 Å². The molecule has 0 radical (unpaired) electrons. The van der Waals surface area contributed by atoms with E-state index in [2.05, 4.69) is 20.5 Å². The minimum Gasteiger partial charge on any atom is -0.497 e. The number of unbranched alkanes of at least 4 members (excludes halogenated alkanes) is 2. The van der Waals surface area contributed by atoms with Crippen molar-refractivity contribution < 1.29 is 19.1 Å². The number of ketones is 1. The van der Waals surface area contributed by atoms with Crippen LogP contribution in [0.25, 0.3) is 11.3 Å². The van der Waals surface area contributed by atoms with Crippen LogP contribution in [0.4, 0.5) is 5.13 Å². The highest BCUT2D eigenvalue weighted by atomic mass is 32.1. The summed E-state index contributed by atoms with van der Waals surface area (Å²) in [5.41, 5.74) is 1.70. The van der Waals surface area contributed by atoms with Gasteiger partial charge in [0.05, 0.1) is 12.8 Å². The van der Waals surface area contributed by atoms with E-state index >= 15 is 0 Å². The van der Waals surface area contributed by atoms with Gasteiger partial charge in [0.15, 0.2) is 5.13 Å². The number of anilines is 1. The summed E-state index contributed by atoms with van der Waals surface area (Å²) in [6.45, 7) is 4.38. The van der Waals surface area contributed by atoms with Crippen LogP contribution in [-0.2, 0) is 14.4 Å². The molecule has 36 heavy (non-hydrogen) atoms. The predicted octanol–water partition coefficient (Wildman–Crippen LogP) is 4.66. The fourth-order valence-corrected chi connectivity index (χ4v) is 5.02. The van der Waals surface area contributed by atoms with Gasteiger partial charge < -0.3 is 25.1 Å². The molecule has 0 bridgehead atoms. The number of hydrogen-bond donors (Lipinski definition) is 2. The van der Waals surface area contributed by atoms with Gasteiger partial charge in [0.2, 0.25) is 11.8 Å². The van der Waals surface area contributed by atoms with E-state index in [4.69, 9.17) is 4.74 Å². The van der Waals surface area contributed by atoms with Crippen LogP contribution >= 0.6 is 11.3 Å². The Balaban J connectivity index is 1.56. The number of nitrogens with one attached hydrogen (secondary N) is 2. The largest absolute Gasteiger partial charge is 0.497 e. The highest BCUT2D eigenvalue weighted by molar-refractivity contribution is 7.14. The first-order chi connectivity index (χ1) is 17.4. The first-order valence-corrected chi connectivity index (χ1v) is 13.7. The molecule has 1 unspecified atom stereocenters. The summed E-state index contributed by atoms with van der Waals surface area (Å²) in [6.07, 6.45) is 7.46. The van der Waals surface area contributed by atoms with Gasteiger partial charge in [0, 0.05) is 30.3 Å². The van der Waals surface area contributed by atoms with Crippen molar-refractivity contribution in [1.29, 1.82) is 0 Å². The third kappa shape index (κ3) is 9.35. The number of methoxy groups -OCH3 is 1. The Morgan fingerprint density at radius 3 is 2.50 bits per heavy atom. The number of benzene rings is 1. The van der Waals surface area contributed by atoms with Gasteiger partial charge in [-0.25, -0.2) is 4.98 Å². The third-order valence-electron chi connectivity index (χ3n) is 6.40. The fourth-order valence-electron chi connectivity index (χ4n) is 4.30. The summed E-state index contributed by atoms with van der Waals surface area (Å²) >= 11 is 1.35. The summed E-state index contributed by atoms with van der Waals surface area (Å²) in [6, 6.07) is 6.95. The average Bonchev–Trinajstić information content (AvgIpc) is 3.35. The predicted molar refractivity (Wildman–Crippen MR) is 143 cm³/mol. The monoisotopic (exact) mass is 514 g/mol. The van der Waals surface area contributed by atoms with Crippen molar-refractivity contribution in [1.82, 2.24) is 15.2 Å². The van der Waals surface area contributed by atoms with Crippen molar-refractivity contribution in [3.63, 3.8) is 0 Å². The van der Waals surface area contributed by atoms with Crippen LogP contribution in [0.15, 0.2) is 29.6 Å². The van der Waals surface area contributed by atoms with Crippen LogP contribution < -0.4 is 15.4 Å². The van der Waals surface area contributed by atoms with Gasteiger partial charge >= 0.3 is 0 Å². The van der Waals surface area contributed by atoms with Gasteiger partial charge in [-0.1, -0.05) is 19.3 Å². The zero-order chi connectivity index (χ0) is 25.8. The number of carbonyl (C=O) groups excluding carboxylic acids is 3. The zero-order valence-electron chi connectivity index (χ0n) is 21.4. The quantitative estimate of drug-likeness (QED) is 0.356. The number of nitrogens with zero attached hydrogens (tertiary/aromatic N) is 2. The molecule has 2 heterocycles. The minimum absolute atomic E-state index is 0.109. The summed E-state index contributed by atoms with van der Waals surface area (Å²) in [5, 5.41) is 8.22. The summed E-state index contributed by atoms with van der Waals surface area (Å²) in [7, 11) is 1.62. The van der Waals surface area contributed by atoms with Gasteiger partial charge in [-0.2, -0.15) is 0 Å². The van der Waals surface area contributed by atoms with E-state index in [1.807, 2.05) is 29.6 Å². The van der Waals surface area contributed by atoms with E-state index in [9.17, 15) is 14.4 Å². The Hall–Kier alpha value is -2.78. The van der Waals surface area contributed by atoms with Gasteiger partial charge in [0.25, 0.3) is 0 Å². The molecule has 1 aromatic heterocycles. The molecule has 196 valence electrons. The van der Waals surface area contributed by atoms with Gasteiger partial charge in [-0.15, -0.1) is 11.3 Å². The number of thiazole rings is 1. The lowest BCUT2D eigenvalue weighted by molar-refractivity contribution is -0.126. The maximum absolute atomic E-state index is 13.1. The summed E-state index contributed by atoms with van der Waals surface area (Å²) < 4.78 is 5.20. The topological polar surface area (TPSA) is 101 Å². The number of aromatic nitrogens is 1. The van der Waals surface area contributed by atoms with Crippen LogP contribution in [0.2, 0.25) is 0 Å². The van der Waals surface area contributed by atoms with Crippen molar-refractivity contribution >= 4 is 34.1 Å². The molecule has 9 heteroatoms. The normalized spacial score (nSPS) is 14.7. The number of rotatable bonds is 14. The van der Waals surface area contributed by atoms with E-state index in [1.54, 1.807) is 14.0 Å². The maximum atomic E-state index is 13.1. The lowest BCUT2D eigenvalue weighted by atomic mass is 10.1. The number of amides is 2. The van der Waals surface area contributed by atoms with Crippen LogP contribution in [0.5, 0.6) is 5.75 Å². The molecule has 1 aliphatic heterocycles. The molecule has 2 amide bonds. The first-order valence-electron chi connectivity index (χ1n) is 12.9. The van der Waals surface area contributed by atoms with Crippen LogP contribution in [-0.4, -0.2) is 60.3 Å². The highest BCUT2D eigenvalue weighted by Gasteiger charge is 2.22. The number of Topliss-reactive ketones (excluding diaryl/α,β-unsaturated/α-hetero) is 1. The molecule has 0 spiro atoms. The number of piperidine rings is 1. The summed E-state index contributed by atoms with van der Waals surface area (Å²) in [5.74, 6) is 0.572. The van der Waals surface area contributed by atoms with E-state index in [1.165, 1.54) is 30.6 Å². The molecule has 1 fully saturated rings. The van der Waals surface area contributed by atoms with Gasteiger partial charge in [-0.3, -0.25) is 9.59 Å². The molecule has 1 aliphatic rings. The smallest absolute Gasteiger partial charge is 0.248 e. The Kier molecular flexibility index (Phi) is 11.4. The molecule has 0 aliphatic carbocycles. The van der Waals surface area contributed by atoms with Crippen molar-refractivity contribution in [2.75, 3.05) is 32.1 Å². The Bertz CT molecular complexity index is 986. The molecule has 2 N–H and O–H groups in total. The zero-order valence-corrected chi connectivity index (χ0v) is 22.2. The van der Waals surface area contributed by atoms with E-state index in [0.29, 0.717) is 24.4 Å². The van der Waals surface area contributed by atoms with Crippen LogP contribution in [0.1, 0.15) is 64.7 Å². The lowest BCUT2D eigenvalue weighted by Gasteiger charge is -2.26. The van der Waals surface area contributed by atoms with Crippen LogP contribution in [0.3, 0.4) is 0 Å². The molecule has 0 saturated carbocycles. The molecule has 1 aromatic carbocycles. The third-order valence-corrected chi connectivity index (χ3v) is 7.15. The SMILES string of the molecule is COc1ccc(-c2csc(NC(=O)C(CCCCCC(C)=O)NC(=O)CCN3CCCCC3)n2)cc1.